The second-order valence-corrected chi connectivity index (χ2v) is 4.37. The molecule has 0 spiro atoms. The van der Waals surface area contributed by atoms with E-state index in [9.17, 15) is 13.2 Å². The summed E-state index contributed by atoms with van der Waals surface area (Å²) in [5, 5.41) is 15.1. The van der Waals surface area contributed by atoms with Crippen LogP contribution in [0.4, 0.5) is 0 Å². The van der Waals surface area contributed by atoms with Crippen LogP contribution >= 0.6 is 0 Å². The lowest BCUT2D eigenvalue weighted by Crippen LogP contribution is -2.33. The van der Waals surface area contributed by atoms with Gasteiger partial charge in [-0.2, -0.15) is 8.42 Å². The molecule has 0 bridgehead atoms. The standard InChI is InChI=1S/C9H11N5O4S/c10-3-4-12-5-1-2-6(19(17)18)8(13-14-11)7(5)9(15)16/h1-2,8,12H,3-4,10H2,(H,15,16). The van der Waals surface area contributed by atoms with Gasteiger partial charge in [0.15, 0.2) is 0 Å². The summed E-state index contributed by atoms with van der Waals surface area (Å²) in [5.41, 5.74) is 13.6. The number of hydrogen-bond acceptors (Lipinski definition) is 6. The summed E-state index contributed by atoms with van der Waals surface area (Å²) in [6, 6.07) is -1.40. The Bertz CT molecular complexity index is 619. The molecule has 1 rings (SSSR count). The van der Waals surface area contributed by atoms with Crippen LogP contribution in [0.5, 0.6) is 0 Å². The van der Waals surface area contributed by atoms with E-state index in [2.05, 4.69) is 15.3 Å². The molecule has 1 atom stereocenters. The van der Waals surface area contributed by atoms with Crippen LogP contribution in [-0.4, -0.2) is 43.5 Å². The van der Waals surface area contributed by atoms with Crippen LogP contribution in [0.25, 0.3) is 10.4 Å². The van der Waals surface area contributed by atoms with Crippen LogP contribution in [0.1, 0.15) is 0 Å². The number of azide groups is 1. The molecule has 1 aliphatic rings. The number of carboxylic acid groups (broad SMARTS) is 1. The Hall–Kier alpha value is -2.29. The van der Waals surface area contributed by atoms with Crippen LogP contribution < -0.4 is 11.1 Å². The minimum atomic E-state index is -2.68. The van der Waals surface area contributed by atoms with Crippen molar-refractivity contribution in [3.05, 3.63) is 33.9 Å². The highest BCUT2D eigenvalue weighted by atomic mass is 32.2. The first-order chi connectivity index (χ1) is 9.02. The number of allylic oxidation sites excluding steroid dienone is 1. The monoisotopic (exact) mass is 285 g/mol. The lowest BCUT2D eigenvalue weighted by molar-refractivity contribution is -0.132. The van der Waals surface area contributed by atoms with Gasteiger partial charge in [0.1, 0.15) is 6.04 Å². The van der Waals surface area contributed by atoms with E-state index in [1.165, 1.54) is 12.2 Å². The maximum absolute atomic E-state index is 11.2. The summed E-state index contributed by atoms with van der Waals surface area (Å²) in [5.74, 6) is -1.37. The molecule has 1 aliphatic carbocycles. The van der Waals surface area contributed by atoms with E-state index in [-0.39, 0.29) is 22.7 Å². The van der Waals surface area contributed by atoms with Crippen molar-refractivity contribution in [1.82, 2.24) is 5.32 Å². The maximum atomic E-state index is 11.2. The van der Waals surface area contributed by atoms with Gasteiger partial charge < -0.3 is 16.2 Å². The number of carbonyl (C=O) groups is 1. The van der Waals surface area contributed by atoms with Crippen molar-refractivity contribution < 1.29 is 18.3 Å². The third-order valence-electron chi connectivity index (χ3n) is 2.30. The Morgan fingerprint density at radius 1 is 1.58 bits per heavy atom. The third-order valence-corrected chi connectivity index (χ3v) is 3.04. The smallest absolute Gasteiger partial charge is 0.334 e. The number of nitrogens with two attached hydrogens (primary N) is 1. The Morgan fingerprint density at radius 2 is 2.26 bits per heavy atom. The summed E-state index contributed by atoms with van der Waals surface area (Å²) in [4.78, 5) is 13.4. The minimum absolute atomic E-state index is 0.171. The van der Waals surface area contributed by atoms with Crippen LogP contribution in [0.3, 0.4) is 0 Å². The van der Waals surface area contributed by atoms with E-state index in [4.69, 9.17) is 16.4 Å². The second kappa shape index (κ2) is 6.59. The molecule has 0 heterocycles. The van der Waals surface area contributed by atoms with Gasteiger partial charge >= 0.3 is 5.97 Å². The van der Waals surface area contributed by atoms with E-state index in [1.54, 1.807) is 0 Å². The zero-order valence-electron chi connectivity index (χ0n) is 9.65. The SMILES string of the molecule is [N-]=[N+]=NC1C(C(=O)O)=C(NCCN)C=CC1=S(=O)=O. The quantitative estimate of drug-likeness (QED) is 0.259. The fourth-order valence-corrected chi connectivity index (χ4v) is 2.07. The number of nitrogens with one attached hydrogen (secondary N) is 1. The molecule has 0 aromatic carbocycles. The van der Waals surface area contributed by atoms with Gasteiger partial charge in [-0.25, -0.2) is 4.79 Å². The molecule has 0 radical (unpaired) electrons. The fourth-order valence-electron chi connectivity index (χ4n) is 1.54. The van der Waals surface area contributed by atoms with Gasteiger partial charge in [0.25, 0.3) is 0 Å². The summed E-state index contributed by atoms with van der Waals surface area (Å²) in [6.45, 7) is 0.565. The molecule has 19 heavy (non-hydrogen) atoms. The van der Waals surface area contributed by atoms with Gasteiger partial charge in [0.2, 0.25) is 10.3 Å². The molecule has 9 nitrogen and oxygen atoms in total. The topological polar surface area (TPSA) is 158 Å². The zero-order valence-corrected chi connectivity index (χ0v) is 10.5. The van der Waals surface area contributed by atoms with Gasteiger partial charge in [0.05, 0.1) is 10.4 Å². The largest absolute Gasteiger partial charge is 0.478 e. The first kappa shape index (κ1) is 14.8. The van der Waals surface area contributed by atoms with Crippen LogP contribution in [0.15, 0.2) is 28.5 Å². The number of carboxylic acids is 1. The van der Waals surface area contributed by atoms with Crippen molar-refractivity contribution in [2.45, 2.75) is 6.04 Å². The van der Waals surface area contributed by atoms with Crippen molar-refractivity contribution in [2.75, 3.05) is 13.1 Å². The summed E-state index contributed by atoms with van der Waals surface area (Å²) in [6.07, 6.45) is 2.49. The number of hydrogen-bond donors (Lipinski definition) is 3. The van der Waals surface area contributed by atoms with Gasteiger partial charge in [-0.15, -0.1) is 0 Å². The van der Waals surface area contributed by atoms with Crippen molar-refractivity contribution in [2.24, 2.45) is 10.8 Å². The number of rotatable bonds is 5. The lowest BCUT2D eigenvalue weighted by Gasteiger charge is -2.19. The van der Waals surface area contributed by atoms with Gasteiger partial charge in [-0.05, 0) is 17.7 Å². The molecule has 4 N–H and O–H groups in total. The highest BCUT2D eigenvalue weighted by molar-refractivity contribution is 7.73. The zero-order chi connectivity index (χ0) is 14.4. The number of nitrogens with zero attached hydrogens (tertiary/aromatic N) is 3. The van der Waals surface area contributed by atoms with Gasteiger partial charge in [-0.3, -0.25) is 0 Å². The summed E-state index contributed by atoms with van der Waals surface area (Å²) < 4.78 is 22.0. The first-order valence-electron chi connectivity index (χ1n) is 5.12. The van der Waals surface area contributed by atoms with Crippen LogP contribution in [0, 0.1) is 0 Å². The fraction of sp³-hybridized carbons (Fsp3) is 0.333. The third kappa shape index (κ3) is 3.35. The molecule has 0 aliphatic heterocycles. The first-order valence-corrected chi connectivity index (χ1v) is 6.20. The van der Waals surface area contributed by atoms with Gasteiger partial charge in [0, 0.05) is 23.7 Å². The molecule has 0 saturated heterocycles. The van der Waals surface area contributed by atoms with E-state index in [1.807, 2.05) is 0 Å². The predicted molar refractivity (Wildman–Crippen MR) is 67.7 cm³/mol. The predicted octanol–water partition coefficient (Wildman–Crippen LogP) is -0.826. The van der Waals surface area contributed by atoms with E-state index >= 15 is 0 Å². The summed E-state index contributed by atoms with van der Waals surface area (Å²) >= 11 is 0. The Labute approximate surface area is 109 Å². The van der Waals surface area contributed by atoms with Crippen LogP contribution in [0.2, 0.25) is 0 Å². The molecule has 0 saturated carbocycles. The minimum Gasteiger partial charge on any atom is -0.478 e. The average Bonchev–Trinajstić information content (AvgIpc) is 2.35. The molecule has 0 amide bonds. The lowest BCUT2D eigenvalue weighted by atomic mass is 9.97. The molecular formula is C9H11N5O4S. The highest BCUT2D eigenvalue weighted by Crippen LogP contribution is 2.19. The Kier molecular flexibility index (Phi) is 5.12. The maximum Gasteiger partial charge on any atom is 0.334 e. The molecular weight excluding hydrogens is 274 g/mol. The summed E-state index contributed by atoms with van der Waals surface area (Å²) in [7, 11) is -2.68. The molecule has 0 aromatic heterocycles. The van der Waals surface area contributed by atoms with E-state index in [0.717, 1.165) is 0 Å². The van der Waals surface area contributed by atoms with Gasteiger partial charge in [-0.1, -0.05) is 5.11 Å². The Morgan fingerprint density at radius 3 is 2.74 bits per heavy atom. The normalized spacial score (nSPS) is 17.9. The molecule has 10 heteroatoms. The van der Waals surface area contributed by atoms with E-state index in [0.29, 0.717) is 6.54 Å². The highest BCUT2D eigenvalue weighted by Gasteiger charge is 2.30. The molecule has 0 aromatic rings. The van der Waals surface area contributed by atoms with Crippen molar-refractivity contribution in [3.8, 4) is 0 Å². The van der Waals surface area contributed by atoms with Crippen molar-refractivity contribution >= 4 is 21.1 Å². The van der Waals surface area contributed by atoms with E-state index < -0.39 is 22.3 Å². The molecule has 1 unspecified atom stereocenters. The number of aliphatic carboxylic acids is 1. The van der Waals surface area contributed by atoms with Crippen LogP contribution in [-0.2, 0) is 15.1 Å². The van der Waals surface area contributed by atoms with Crippen molar-refractivity contribution in [3.63, 3.8) is 0 Å². The molecule has 102 valence electrons. The molecule has 0 fully saturated rings. The Balaban J connectivity index is 3.42. The van der Waals surface area contributed by atoms with Crippen molar-refractivity contribution in [1.29, 1.82) is 0 Å². The average molecular weight is 285 g/mol. The second-order valence-electron chi connectivity index (χ2n) is 3.43.